The first kappa shape index (κ1) is 21.1. The van der Waals surface area contributed by atoms with E-state index in [-0.39, 0.29) is 22.4 Å². The minimum absolute atomic E-state index is 0.0845. The van der Waals surface area contributed by atoms with Gasteiger partial charge < -0.3 is 14.2 Å². The van der Waals surface area contributed by atoms with E-state index in [1.807, 2.05) is 0 Å². The van der Waals surface area contributed by atoms with Gasteiger partial charge in [-0.3, -0.25) is 0 Å². The van der Waals surface area contributed by atoms with Gasteiger partial charge in [0.1, 0.15) is 11.5 Å². The molecule has 3 rings (SSSR count). The van der Waals surface area contributed by atoms with Crippen LogP contribution in [0.5, 0.6) is 17.2 Å². The van der Waals surface area contributed by atoms with Crippen LogP contribution in [0.1, 0.15) is 5.56 Å². The minimum atomic E-state index is -4.57. The van der Waals surface area contributed by atoms with Gasteiger partial charge in [0.2, 0.25) is 0 Å². The van der Waals surface area contributed by atoms with E-state index in [0.717, 1.165) is 17.5 Å². The van der Waals surface area contributed by atoms with E-state index in [0.29, 0.717) is 16.9 Å². The largest absolute Gasteiger partial charge is 0.482 e. The SMILES string of the molecule is COC(=O)COc1ccc2ccc(Oc3c(Cl)cc(C(F)(F)F)cc3Cl)cc2c1. The van der Waals surface area contributed by atoms with E-state index in [4.69, 9.17) is 32.7 Å². The number of hydrogen-bond donors (Lipinski definition) is 0. The highest BCUT2D eigenvalue weighted by molar-refractivity contribution is 6.37. The van der Waals surface area contributed by atoms with Gasteiger partial charge in [-0.05, 0) is 47.2 Å². The van der Waals surface area contributed by atoms with Gasteiger partial charge in [0.05, 0.1) is 22.7 Å². The zero-order valence-electron chi connectivity index (χ0n) is 14.8. The average molecular weight is 445 g/mol. The molecule has 0 aliphatic rings. The summed E-state index contributed by atoms with van der Waals surface area (Å²) in [7, 11) is 1.26. The lowest BCUT2D eigenvalue weighted by Gasteiger charge is -2.14. The quantitative estimate of drug-likeness (QED) is 0.420. The Labute approximate surface area is 173 Å². The number of esters is 1. The number of fused-ring (bicyclic) bond motifs is 1. The van der Waals surface area contributed by atoms with Gasteiger partial charge in [-0.25, -0.2) is 4.79 Å². The molecule has 0 saturated carbocycles. The number of halogens is 5. The van der Waals surface area contributed by atoms with Crippen LogP contribution >= 0.6 is 23.2 Å². The molecule has 0 unspecified atom stereocenters. The molecule has 0 radical (unpaired) electrons. The van der Waals surface area contributed by atoms with Crippen LogP contribution in [0.25, 0.3) is 10.8 Å². The van der Waals surface area contributed by atoms with Crippen LogP contribution in [0.4, 0.5) is 13.2 Å². The summed E-state index contributed by atoms with van der Waals surface area (Å²) in [6.07, 6.45) is -4.57. The molecular formula is C20H13Cl2F3O4. The predicted molar refractivity (Wildman–Crippen MR) is 103 cm³/mol. The van der Waals surface area contributed by atoms with Gasteiger partial charge >= 0.3 is 12.1 Å². The van der Waals surface area contributed by atoms with Gasteiger partial charge in [0.25, 0.3) is 0 Å². The Kier molecular flexibility index (Phi) is 6.10. The zero-order valence-corrected chi connectivity index (χ0v) is 16.4. The summed E-state index contributed by atoms with van der Waals surface area (Å²) >= 11 is 11.9. The maximum atomic E-state index is 12.9. The Morgan fingerprint density at radius 2 is 1.52 bits per heavy atom. The summed E-state index contributed by atoms with van der Waals surface area (Å²) in [4.78, 5) is 11.2. The first-order valence-electron chi connectivity index (χ1n) is 8.15. The van der Waals surface area contributed by atoms with Crippen molar-refractivity contribution in [1.82, 2.24) is 0 Å². The summed E-state index contributed by atoms with van der Waals surface area (Å²) in [5.41, 5.74) is -0.967. The van der Waals surface area contributed by atoms with E-state index in [1.54, 1.807) is 36.4 Å². The Morgan fingerprint density at radius 3 is 2.10 bits per heavy atom. The summed E-state index contributed by atoms with van der Waals surface area (Å²) < 4.78 is 54.1. The molecule has 0 spiro atoms. The van der Waals surface area contributed by atoms with Gasteiger partial charge in [-0.1, -0.05) is 35.3 Å². The number of benzene rings is 3. The van der Waals surface area contributed by atoms with Crippen LogP contribution in [-0.4, -0.2) is 19.7 Å². The number of methoxy groups -OCH3 is 1. The maximum absolute atomic E-state index is 12.9. The third-order valence-corrected chi connectivity index (χ3v) is 4.47. The minimum Gasteiger partial charge on any atom is -0.482 e. The van der Waals surface area contributed by atoms with E-state index in [1.165, 1.54) is 7.11 Å². The van der Waals surface area contributed by atoms with Crippen molar-refractivity contribution >= 4 is 39.9 Å². The monoisotopic (exact) mass is 444 g/mol. The molecule has 29 heavy (non-hydrogen) atoms. The van der Waals surface area contributed by atoms with Crippen LogP contribution in [-0.2, 0) is 15.7 Å². The highest BCUT2D eigenvalue weighted by Crippen LogP contribution is 2.42. The number of rotatable bonds is 5. The first-order chi connectivity index (χ1) is 13.7. The predicted octanol–water partition coefficient (Wildman–Crippen LogP) is 6.51. The molecule has 0 N–H and O–H groups in total. The van der Waals surface area contributed by atoms with Crippen LogP contribution in [0.2, 0.25) is 10.0 Å². The van der Waals surface area contributed by atoms with Gasteiger partial charge in [0.15, 0.2) is 12.4 Å². The molecular weight excluding hydrogens is 432 g/mol. The summed E-state index contributed by atoms with van der Waals surface area (Å²) in [6, 6.07) is 11.7. The van der Waals surface area contributed by atoms with Crippen LogP contribution in [0, 0.1) is 0 Å². The fourth-order valence-electron chi connectivity index (χ4n) is 2.50. The lowest BCUT2D eigenvalue weighted by molar-refractivity contribution is -0.143. The highest BCUT2D eigenvalue weighted by atomic mass is 35.5. The Bertz CT molecular complexity index is 1040. The summed E-state index contributed by atoms with van der Waals surface area (Å²) in [5, 5.41) is 1.04. The molecule has 3 aromatic rings. The first-order valence-corrected chi connectivity index (χ1v) is 8.90. The topological polar surface area (TPSA) is 44.8 Å². The average Bonchev–Trinajstić information content (AvgIpc) is 2.67. The van der Waals surface area contributed by atoms with Gasteiger partial charge in [0, 0.05) is 0 Å². The number of carbonyl (C=O) groups excluding carboxylic acids is 1. The Morgan fingerprint density at radius 1 is 0.931 bits per heavy atom. The van der Waals surface area contributed by atoms with Crippen LogP contribution in [0.3, 0.4) is 0 Å². The summed E-state index contributed by atoms with van der Waals surface area (Å²) in [6.45, 7) is -0.241. The molecule has 0 heterocycles. The molecule has 0 bridgehead atoms. The number of hydrogen-bond acceptors (Lipinski definition) is 4. The molecule has 0 fully saturated rings. The van der Waals surface area contributed by atoms with Crippen molar-refractivity contribution < 1.29 is 32.2 Å². The molecule has 152 valence electrons. The fraction of sp³-hybridized carbons (Fsp3) is 0.150. The number of carbonyl (C=O) groups is 1. The zero-order chi connectivity index (χ0) is 21.2. The second-order valence-electron chi connectivity index (χ2n) is 5.90. The standard InChI is InChI=1S/C20H13Cl2F3O4/c1-27-18(26)10-28-14-4-2-11-3-5-15(7-12(11)6-14)29-19-16(21)8-13(9-17(19)22)20(23,24)25/h2-9H,10H2,1H3. The molecule has 3 aromatic carbocycles. The molecule has 4 nitrogen and oxygen atoms in total. The molecule has 0 amide bonds. The maximum Gasteiger partial charge on any atom is 0.416 e. The van der Waals surface area contributed by atoms with E-state index >= 15 is 0 Å². The van der Waals surface area contributed by atoms with Crippen LogP contribution < -0.4 is 9.47 Å². The van der Waals surface area contributed by atoms with Crippen molar-refractivity contribution in [3.05, 3.63) is 64.1 Å². The van der Waals surface area contributed by atoms with Crippen LogP contribution in [0.15, 0.2) is 48.5 Å². The molecule has 9 heteroatoms. The molecule has 0 saturated heterocycles. The van der Waals surface area contributed by atoms with Gasteiger partial charge in [-0.15, -0.1) is 0 Å². The number of alkyl halides is 3. The second-order valence-corrected chi connectivity index (χ2v) is 6.72. The second kappa shape index (κ2) is 8.39. The molecule has 0 atom stereocenters. The smallest absolute Gasteiger partial charge is 0.416 e. The lowest BCUT2D eigenvalue weighted by atomic mass is 10.1. The highest BCUT2D eigenvalue weighted by Gasteiger charge is 2.32. The van der Waals surface area contributed by atoms with Crippen molar-refractivity contribution in [1.29, 1.82) is 0 Å². The van der Waals surface area contributed by atoms with Crippen molar-refractivity contribution in [2.45, 2.75) is 6.18 Å². The van der Waals surface area contributed by atoms with E-state index in [9.17, 15) is 18.0 Å². The third kappa shape index (κ3) is 5.05. The van der Waals surface area contributed by atoms with Crippen molar-refractivity contribution in [2.75, 3.05) is 13.7 Å². The van der Waals surface area contributed by atoms with Gasteiger partial charge in [-0.2, -0.15) is 13.2 Å². The van der Waals surface area contributed by atoms with Crippen molar-refractivity contribution in [3.63, 3.8) is 0 Å². The van der Waals surface area contributed by atoms with E-state index < -0.39 is 17.7 Å². The molecule has 0 aliphatic carbocycles. The summed E-state index contributed by atoms with van der Waals surface area (Å²) in [5.74, 6) is 0.143. The lowest BCUT2D eigenvalue weighted by Crippen LogP contribution is -2.12. The number of ether oxygens (including phenoxy) is 3. The van der Waals surface area contributed by atoms with Crippen molar-refractivity contribution in [3.8, 4) is 17.2 Å². The molecule has 0 aromatic heterocycles. The van der Waals surface area contributed by atoms with Crippen molar-refractivity contribution in [2.24, 2.45) is 0 Å². The molecule has 0 aliphatic heterocycles. The Balaban J connectivity index is 1.88. The normalized spacial score (nSPS) is 11.4. The third-order valence-electron chi connectivity index (χ3n) is 3.91. The fourth-order valence-corrected chi connectivity index (χ4v) is 3.06. The Hall–Kier alpha value is -2.64. The van der Waals surface area contributed by atoms with E-state index in [2.05, 4.69) is 4.74 Å².